The minimum Gasteiger partial charge on any atom is -0.493 e. The van der Waals surface area contributed by atoms with Crippen LogP contribution in [0.1, 0.15) is 12.0 Å². The quantitative estimate of drug-likeness (QED) is 0.515. The number of esters is 1. The van der Waals surface area contributed by atoms with E-state index in [0.29, 0.717) is 34.2 Å². The van der Waals surface area contributed by atoms with Crippen LogP contribution in [0, 0.1) is 0 Å². The number of benzene rings is 2. The van der Waals surface area contributed by atoms with E-state index < -0.39 is 5.97 Å². The highest BCUT2D eigenvalue weighted by molar-refractivity contribution is 6.34. The number of nitrogens with zero attached hydrogens (tertiary/aromatic N) is 2. The summed E-state index contributed by atoms with van der Waals surface area (Å²) in [7, 11) is 5.82. The van der Waals surface area contributed by atoms with Gasteiger partial charge in [0.1, 0.15) is 0 Å². The Kier molecular flexibility index (Phi) is 6.36. The highest BCUT2D eigenvalue weighted by Crippen LogP contribution is 2.39. The molecule has 156 valence electrons. The molecule has 0 atom stereocenters. The van der Waals surface area contributed by atoms with Crippen molar-refractivity contribution in [1.29, 1.82) is 0 Å². The van der Waals surface area contributed by atoms with Gasteiger partial charge in [-0.3, -0.25) is 9.59 Å². The molecule has 0 unspecified atom stereocenters. The maximum absolute atomic E-state index is 13.1. The average Bonchev–Trinajstić information content (AvgIpc) is 3.08. The Morgan fingerprint density at radius 3 is 2.17 bits per heavy atom. The normalized spacial score (nSPS) is 14.5. The molecule has 0 bridgehead atoms. The third-order valence-electron chi connectivity index (χ3n) is 4.49. The third kappa shape index (κ3) is 4.12. The van der Waals surface area contributed by atoms with Crippen molar-refractivity contribution in [2.75, 3.05) is 33.4 Å². The van der Waals surface area contributed by atoms with Gasteiger partial charge in [0, 0.05) is 0 Å². The molecule has 0 saturated heterocycles. The summed E-state index contributed by atoms with van der Waals surface area (Å²) in [6, 6.07) is 12.4. The van der Waals surface area contributed by atoms with Gasteiger partial charge < -0.3 is 18.9 Å². The summed E-state index contributed by atoms with van der Waals surface area (Å²) in [6.07, 6.45) is 1.50. The molecule has 0 fully saturated rings. The molecule has 8 nitrogen and oxygen atoms in total. The fraction of sp³-hybridized carbons (Fsp3) is 0.227. The predicted octanol–water partition coefficient (Wildman–Crippen LogP) is 3.06. The summed E-state index contributed by atoms with van der Waals surface area (Å²) >= 11 is 0. The van der Waals surface area contributed by atoms with E-state index in [-0.39, 0.29) is 17.9 Å². The molecule has 1 aliphatic rings. The van der Waals surface area contributed by atoms with Crippen molar-refractivity contribution < 1.29 is 28.5 Å². The van der Waals surface area contributed by atoms with Crippen molar-refractivity contribution in [2.24, 2.45) is 5.10 Å². The molecule has 2 aromatic carbocycles. The standard InChI is InChI=1S/C22H22N2O6/c1-27-18-11-14(12-19(28-2)21(18)30-4)10-16-17(13-20(25)29-3)23-24(22(16)26)15-8-6-5-7-9-15/h5-12H,13H2,1-4H3/b16-10-. The summed E-state index contributed by atoms with van der Waals surface area (Å²) < 4.78 is 20.8. The number of hydrogen-bond acceptors (Lipinski definition) is 7. The van der Waals surface area contributed by atoms with Crippen molar-refractivity contribution in [2.45, 2.75) is 6.42 Å². The van der Waals surface area contributed by atoms with Crippen LogP contribution in [0.4, 0.5) is 5.69 Å². The number of hydrogen-bond donors (Lipinski definition) is 0. The molecule has 1 aliphatic heterocycles. The molecule has 0 spiro atoms. The van der Waals surface area contributed by atoms with Gasteiger partial charge in [0.05, 0.1) is 51.8 Å². The molecule has 0 saturated carbocycles. The molecule has 2 aromatic rings. The van der Waals surface area contributed by atoms with E-state index >= 15 is 0 Å². The number of para-hydroxylation sites is 1. The lowest BCUT2D eigenvalue weighted by atomic mass is 10.0. The molecule has 0 radical (unpaired) electrons. The first-order valence-corrected chi connectivity index (χ1v) is 9.08. The molecular formula is C22H22N2O6. The minimum atomic E-state index is -0.493. The number of amides is 1. The molecule has 0 aliphatic carbocycles. The second-order valence-corrected chi connectivity index (χ2v) is 6.27. The second-order valence-electron chi connectivity index (χ2n) is 6.27. The van der Waals surface area contributed by atoms with Crippen LogP contribution in [0.5, 0.6) is 17.2 Å². The fourth-order valence-corrected chi connectivity index (χ4v) is 3.04. The first-order chi connectivity index (χ1) is 14.5. The van der Waals surface area contributed by atoms with E-state index in [1.807, 2.05) is 6.07 Å². The second kappa shape index (κ2) is 9.13. The number of ether oxygens (including phenoxy) is 4. The lowest BCUT2D eigenvalue weighted by Crippen LogP contribution is -2.21. The topological polar surface area (TPSA) is 86.7 Å². The highest BCUT2D eigenvalue weighted by Gasteiger charge is 2.32. The van der Waals surface area contributed by atoms with E-state index in [2.05, 4.69) is 5.10 Å². The van der Waals surface area contributed by atoms with Gasteiger partial charge in [-0.2, -0.15) is 10.1 Å². The Hall–Kier alpha value is -3.81. The van der Waals surface area contributed by atoms with Gasteiger partial charge >= 0.3 is 5.97 Å². The van der Waals surface area contributed by atoms with Gasteiger partial charge in [0.15, 0.2) is 11.5 Å². The summed E-state index contributed by atoms with van der Waals surface area (Å²) in [5.41, 5.74) is 1.81. The number of hydrazone groups is 1. The SMILES string of the molecule is COC(=O)CC1=NN(c2ccccc2)C(=O)/C1=C\c1cc(OC)c(OC)c(OC)c1. The van der Waals surface area contributed by atoms with Gasteiger partial charge in [-0.15, -0.1) is 0 Å². The number of rotatable bonds is 7. The van der Waals surface area contributed by atoms with Crippen LogP contribution >= 0.6 is 0 Å². The van der Waals surface area contributed by atoms with Crippen LogP contribution in [-0.2, 0) is 14.3 Å². The predicted molar refractivity (Wildman–Crippen MR) is 112 cm³/mol. The molecule has 1 amide bonds. The van der Waals surface area contributed by atoms with E-state index in [0.717, 1.165) is 0 Å². The van der Waals surface area contributed by atoms with Crippen molar-refractivity contribution in [1.82, 2.24) is 0 Å². The van der Waals surface area contributed by atoms with Crippen molar-refractivity contribution in [3.05, 3.63) is 53.6 Å². The largest absolute Gasteiger partial charge is 0.493 e. The van der Waals surface area contributed by atoms with Crippen LogP contribution in [0.2, 0.25) is 0 Å². The van der Waals surface area contributed by atoms with Crippen molar-refractivity contribution in [3.8, 4) is 17.2 Å². The lowest BCUT2D eigenvalue weighted by Gasteiger charge is -2.13. The molecule has 0 N–H and O–H groups in total. The Morgan fingerprint density at radius 1 is 1.00 bits per heavy atom. The monoisotopic (exact) mass is 410 g/mol. The van der Waals surface area contributed by atoms with Crippen LogP contribution in [0.15, 0.2) is 53.1 Å². The van der Waals surface area contributed by atoms with Gasteiger partial charge in [-0.05, 0) is 35.9 Å². The number of carbonyl (C=O) groups is 2. The summed E-state index contributed by atoms with van der Waals surface area (Å²) in [5, 5.41) is 5.63. The van der Waals surface area contributed by atoms with Crippen molar-refractivity contribution >= 4 is 29.4 Å². The Bertz CT molecular complexity index is 989. The van der Waals surface area contributed by atoms with E-state index in [1.54, 1.807) is 42.5 Å². The molecule has 0 aromatic heterocycles. The molecular weight excluding hydrogens is 388 g/mol. The van der Waals surface area contributed by atoms with Crippen LogP contribution in [0.25, 0.3) is 6.08 Å². The van der Waals surface area contributed by atoms with Gasteiger partial charge in [-0.25, -0.2) is 0 Å². The van der Waals surface area contributed by atoms with E-state index in [9.17, 15) is 9.59 Å². The van der Waals surface area contributed by atoms with Crippen LogP contribution in [-0.4, -0.2) is 46.0 Å². The molecule has 30 heavy (non-hydrogen) atoms. The first-order valence-electron chi connectivity index (χ1n) is 9.08. The molecule has 8 heteroatoms. The Morgan fingerprint density at radius 2 is 1.63 bits per heavy atom. The van der Waals surface area contributed by atoms with Gasteiger partial charge in [0.25, 0.3) is 5.91 Å². The van der Waals surface area contributed by atoms with Crippen LogP contribution < -0.4 is 19.2 Å². The van der Waals surface area contributed by atoms with Crippen LogP contribution in [0.3, 0.4) is 0 Å². The Balaban J connectivity index is 2.08. The van der Waals surface area contributed by atoms with Gasteiger partial charge in [-0.1, -0.05) is 18.2 Å². The Labute approximate surface area is 174 Å². The molecule has 3 rings (SSSR count). The molecule has 1 heterocycles. The minimum absolute atomic E-state index is 0.137. The van der Waals surface area contributed by atoms with Gasteiger partial charge in [0.2, 0.25) is 5.75 Å². The summed E-state index contributed by atoms with van der Waals surface area (Å²) in [4.78, 5) is 25.0. The maximum Gasteiger partial charge on any atom is 0.311 e. The van der Waals surface area contributed by atoms with Crippen molar-refractivity contribution in [3.63, 3.8) is 0 Å². The smallest absolute Gasteiger partial charge is 0.311 e. The van der Waals surface area contributed by atoms with E-state index in [1.165, 1.54) is 33.4 Å². The zero-order valence-corrected chi connectivity index (χ0v) is 17.2. The lowest BCUT2D eigenvalue weighted by molar-refractivity contribution is -0.139. The zero-order chi connectivity index (χ0) is 21.7. The summed E-state index contributed by atoms with van der Waals surface area (Å²) in [6.45, 7) is 0. The number of carbonyl (C=O) groups excluding carboxylic acids is 2. The zero-order valence-electron chi connectivity index (χ0n) is 17.2. The fourth-order valence-electron chi connectivity index (χ4n) is 3.04. The number of anilines is 1. The third-order valence-corrected chi connectivity index (χ3v) is 4.49. The summed E-state index contributed by atoms with van der Waals surface area (Å²) in [5.74, 6) is 0.483. The average molecular weight is 410 g/mol. The maximum atomic E-state index is 13.1. The first kappa shape index (κ1) is 20.9. The van der Waals surface area contributed by atoms with E-state index in [4.69, 9.17) is 18.9 Å². The highest BCUT2D eigenvalue weighted by atomic mass is 16.5. The number of methoxy groups -OCH3 is 4.